The molecular formula is C26H30FN7O2. The molecule has 1 saturated heterocycles. The van der Waals surface area contributed by atoms with Crippen LogP contribution >= 0.6 is 0 Å². The molecule has 2 aromatic heterocycles. The fraction of sp³-hybridized carbons (Fsp3) is 0.385. The number of nitrogens with one attached hydrogen (secondary N) is 1. The number of nitrogens with zero attached hydrogens (tertiary/aromatic N) is 6. The molecule has 188 valence electrons. The number of aromatic nitrogens is 5. The van der Waals surface area contributed by atoms with Gasteiger partial charge in [-0.25, -0.2) is 9.07 Å². The SMILES string of the molecule is CCc1ccc2[nH]c(=O)c([C@H](c3nnnn3CCOC)N3CCN(c4ccc(F)cc4)CC3)cc2c1. The zero-order valence-electron chi connectivity index (χ0n) is 20.5. The van der Waals surface area contributed by atoms with Crippen LogP contribution in [-0.4, -0.2) is 70.0 Å². The zero-order chi connectivity index (χ0) is 25.1. The molecule has 1 aliphatic rings. The maximum Gasteiger partial charge on any atom is 0.253 e. The molecule has 2 aromatic carbocycles. The van der Waals surface area contributed by atoms with E-state index < -0.39 is 6.04 Å². The molecule has 0 radical (unpaired) electrons. The Bertz CT molecular complexity index is 1380. The summed E-state index contributed by atoms with van der Waals surface area (Å²) in [4.78, 5) is 20.9. The molecule has 5 rings (SSSR count). The summed E-state index contributed by atoms with van der Waals surface area (Å²) < 4.78 is 20.4. The van der Waals surface area contributed by atoms with E-state index in [2.05, 4.69) is 43.3 Å². The Morgan fingerprint density at radius 2 is 1.86 bits per heavy atom. The number of aryl methyl sites for hydroxylation is 1. The average Bonchev–Trinajstić information content (AvgIpc) is 3.36. The molecule has 1 N–H and O–H groups in total. The predicted molar refractivity (Wildman–Crippen MR) is 136 cm³/mol. The summed E-state index contributed by atoms with van der Waals surface area (Å²) >= 11 is 0. The van der Waals surface area contributed by atoms with Crippen LogP contribution in [0.3, 0.4) is 0 Å². The fourth-order valence-electron chi connectivity index (χ4n) is 4.83. The third kappa shape index (κ3) is 4.87. The first kappa shape index (κ1) is 24.1. The van der Waals surface area contributed by atoms with Gasteiger partial charge in [-0.05, 0) is 70.3 Å². The van der Waals surface area contributed by atoms with Crippen molar-refractivity contribution in [2.75, 3.05) is 44.8 Å². The lowest BCUT2D eigenvalue weighted by atomic mass is 10.0. The van der Waals surface area contributed by atoms with Crippen LogP contribution < -0.4 is 10.5 Å². The molecule has 1 atom stereocenters. The molecule has 1 aliphatic heterocycles. The molecular weight excluding hydrogens is 461 g/mol. The highest BCUT2D eigenvalue weighted by molar-refractivity contribution is 5.80. The molecule has 0 aliphatic carbocycles. The molecule has 9 nitrogen and oxygen atoms in total. The number of piperazine rings is 1. The molecule has 0 bridgehead atoms. The third-order valence-corrected chi connectivity index (χ3v) is 6.82. The monoisotopic (exact) mass is 491 g/mol. The van der Waals surface area contributed by atoms with Gasteiger partial charge in [0.05, 0.1) is 13.2 Å². The quantitative estimate of drug-likeness (QED) is 0.405. The summed E-state index contributed by atoms with van der Waals surface area (Å²) in [6, 6.07) is 14.2. The Kier molecular flexibility index (Phi) is 7.06. The summed E-state index contributed by atoms with van der Waals surface area (Å²) in [5.74, 6) is 0.362. The van der Waals surface area contributed by atoms with Gasteiger partial charge < -0.3 is 14.6 Å². The van der Waals surface area contributed by atoms with Gasteiger partial charge in [-0.15, -0.1) is 5.10 Å². The van der Waals surface area contributed by atoms with Gasteiger partial charge >= 0.3 is 0 Å². The highest BCUT2D eigenvalue weighted by Gasteiger charge is 2.32. The first-order valence-corrected chi connectivity index (χ1v) is 12.2. The van der Waals surface area contributed by atoms with E-state index in [-0.39, 0.29) is 11.4 Å². The molecule has 0 amide bonds. The van der Waals surface area contributed by atoms with Gasteiger partial charge in [-0.2, -0.15) is 0 Å². The minimum Gasteiger partial charge on any atom is -0.383 e. The Balaban J connectivity index is 1.52. The van der Waals surface area contributed by atoms with Crippen molar-refractivity contribution < 1.29 is 9.13 Å². The Morgan fingerprint density at radius 1 is 1.08 bits per heavy atom. The molecule has 4 aromatic rings. The van der Waals surface area contributed by atoms with Gasteiger partial charge in [0.15, 0.2) is 5.82 Å². The fourth-order valence-corrected chi connectivity index (χ4v) is 4.83. The molecule has 1 fully saturated rings. The minimum atomic E-state index is -0.425. The lowest BCUT2D eigenvalue weighted by molar-refractivity contribution is 0.171. The number of pyridine rings is 1. The van der Waals surface area contributed by atoms with Crippen molar-refractivity contribution in [3.63, 3.8) is 0 Å². The number of methoxy groups -OCH3 is 1. The van der Waals surface area contributed by atoms with Crippen molar-refractivity contribution in [3.8, 4) is 0 Å². The van der Waals surface area contributed by atoms with Gasteiger partial charge in [-0.1, -0.05) is 13.0 Å². The first-order valence-electron chi connectivity index (χ1n) is 12.2. The van der Waals surface area contributed by atoms with Crippen molar-refractivity contribution in [1.82, 2.24) is 30.1 Å². The summed E-state index contributed by atoms with van der Waals surface area (Å²) in [5, 5.41) is 13.4. The number of rotatable bonds is 8. The highest BCUT2D eigenvalue weighted by Crippen LogP contribution is 2.29. The second-order valence-electron chi connectivity index (χ2n) is 8.98. The van der Waals surface area contributed by atoms with Crippen LogP contribution in [0.25, 0.3) is 10.9 Å². The van der Waals surface area contributed by atoms with E-state index in [0.29, 0.717) is 37.6 Å². The summed E-state index contributed by atoms with van der Waals surface area (Å²) in [7, 11) is 1.63. The largest absolute Gasteiger partial charge is 0.383 e. The van der Waals surface area contributed by atoms with Gasteiger partial charge in [0.2, 0.25) is 0 Å². The Labute approximate surface area is 208 Å². The standard InChI is InChI=1S/C26H30FN7O2/c1-3-18-4-9-23-19(16-18)17-22(26(35)28-23)24(25-29-30-31-34(25)14-15-36-2)33-12-10-32(11-13-33)21-7-5-20(27)6-8-21/h4-9,16-17,24H,3,10-15H2,1-2H3,(H,28,35)/t24-/m1/s1. The van der Waals surface area contributed by atoms with Crippen LogP contribution in [0, 0.1) is 5.82 Å². The average molecular weight is 492 g/mol. The van der Waals surface area contributed by atoms with Crippen molar-refractivity contribution in [3.05, 3.63) is 81.7 Å². The second kappa shape index (κ2) is 10.5. The van der Waals surface area contributed by atoms with Crippen LogP contribution in [0.15, 0.2) is 53.3 Å². The topological polar surface area (TPSA) is 92.2 Å². The normalized spacial score (nSPS) is 15.5. The maximum absolute atomic E-state index is 13.4. The number of anilines is 1. The van der Waals surface area contributed by atoms with Gasteiger partial charge in [0.25, 0.3) is 5.56 Å². The van der Waals surface area contributed by atoms with Crippen LogP contribution in [0.1, 0.15) is 29.9 Å². The van der Waals surface area contributed by atoms with E-state index in [9.17, 15) is 9.18 Å². The van der Waals surface area contributed by atoms with Crippen molar-refractivity contribution in [2.24, 2.45) is 0 Å². The number of halogens is 1. The number of tetrazole rings is 1. The molecule has 10 heteroatoms. The molecule has 0 unspecified atom stereocenters. The van der Waals surface area contributed by atoms with E-state index in [0.717, 1.165) is 36.1 Å². The number of aromatic amines is 1. The minimum absolute atomic E-state index is 0.154. The van der Waals surface area contributed by atoms with Crippen LogP contribution in [0.4, 0.5) is 10.1 Å². The van der Waals surface area contributed by atoms with Crippen LogP contribution in [0.5, 0.6) is 0 Å². The summed E-state index contributed by atoms with van der Waals surface area (Å²) in [6.45, 7) is 5.88. The van der Waals surface area contributed by atoms with E-state index in [1.165, 1.54) is 17.7 Å². The lowest BCUT2D eigenvalue weighted by Crippen LogP contribution is -2.49. The number of fused-ring (bicyclic) bond motifs is 1. The zero-order valence-corrected chi connectivity index (χ0v) is 20.5. The third-order valence-electron chi connectivity index (χ3n) is 6.82. The van der Waals surface area contributed by atoms with Crippen molar-refractivity contribution in [2.45, 2.75) is 25.9 Å². The van der Waals surface area contributed by atoms with Gasteiger partial charge in [0, 0.05) is 50.1 Å². The smallest absolute Gasteiger partial charge is 0.253 e. The molecule has 36 heavy (non-hydrogen) atoms. The van der Waals surface area contributed by atoms with E-state index in [1.807, 2.05) is 18.2 Å². The highest BCUT2D eigenvalue weighted by atomic mass is 19.1. The van der Waals surface area contributed by atoms with Crippen molar-refractivity contribution in [1.29, 1.82) is 0 Å². The van der Waals surface area contributed by atoms with Crippen LogP contribution in [0.2, 0.25) is 0 Å². The van der Waals surface area contributed by atoms with E-state index in [4.69, 9.17) is 4.74 Å². The Hall–Kier alpha value is -3.63. The second-order valence-corrected chi connectivity index (χ2v) is 8.98. The number of hydrogen-bond donors (Lipinski definition) is 1. The number of ether oxygens (including phenoxy) is 1. The number of hydrogen-bond acceptors (Lipinski definition) is 7. The molecule has 3 heterocycles. The van der Waals surface area contributed by atoms with Crippen LogP contribution in [-0.2, 0) is 17.7 Å². The predicted octanol–water partition coefficient (Wildman–Crippen LogP) is 2.77. The Morgan fingerprint density at radius 3 is 2.58 bits per heavy atom. The summed E-state index contributed by atoms with van der Waals surface area (Å²) in [5.41, 5.74) is 3.45. The first-order chi connectivity index (χ1) is 17.6. The van der Waals surface area contributed by atoms with E-state index in [1.54, 1.807) is 23.9 Å². The van der Waals surface area contributed by atoms with Gasteiger partial charge in [0.1, 0.15) is 11.9 Å². The maximum atomic E-state index is 13.4. The van der Waals surface area contributed by atoms with Crippen molar-refractivity contribution >= 4 is 16.6 Å². The molecule has 0 spiro atoms. The van der Waals surface area contributed by atoms with Gasteiger partial charge in [-0.3, -0.25) is 9.69 Å². The number of H-pyrrole nitrogens is 1. The lowest BCUT2D eigenvalue weighted by Gasteiger charge is -2.39. The van der Waals surface area contributed by atoms with E-state index >= 15 is 0 Å². The number of benzene rings is 2. The molecule has 0 saturated carbocycles. The summed E-state index contributed by atoms with van der Waals surface area (Å²) in [6.07, 6.45) is 0.911.